The highest BCUT2D eigenvalue weighted by atomic mass is 35.5. The molecule has 18 heavy (non-hydrogen) atoms. The van der Waals surface area contributed by atoms with Gasteiger partial charge in [0, 0.05) is 5.02 Å². The van der Waals surface area contributed by atoms with E-state index < -0.39 is 17.8 Å². The number of amides is 1. The fourth-order valence-corrected chi connectivity index (χ4v) is 2.37. The van der Waals surface area contributed by atoms with Crippen molar-refractivity contribution in [1.29, 1.82) is 0 Å². The molecule has 1 saturated carbocycles. The van der Waals surface area contributed by atoms with Crippen molar-refractivity contribution < 1.29 is 14.3 Å². The fraction of sp³-hybridized carbons (Fsp3) is 0.462. The van der Waals surface area contributed by atoms with Crippen LogP contribution < -0.4 is 5.32 Å². The molecule has 1 fully saturated rings. The van der Waals surface area contributed by atoms with E-state index >= 15 is 0 Å². The highest BCUT2D eigenvalue weighted by Gasteiger charge is 2.25. The molecule has 2 rings (SSSR count). The largest absolute Gasteiger partial charge is 0.391 e. The molecule has 5 heteroatoms. The Labute approximate surface area is 110 Å². The maximum Gasteiger partial charge on any atom is 0.254 e. The fourth-order valence-electron chi connectivity index (χ4n) is 2.20. The average Bonchev–Trinajstić information content (AvgIpc) is 2.35. The molecule has 0 unspecified atom stereocenters. The number of nitrogens with one attached hydrogen (secondary N) is 1. The molecule has 98 valence electrons. The molecule has 1 aliphatic rings. The number of carbonyl (C=O) groups excluding carboxylic acids is 1. The van der Waals surface area contributed by atoms with Crippen LogP contribution >= 0.6 is 11.6 Å². The normalized spacial score (nSPS) is 23.7. The zero-order valence-corrected chi connectivity index (χ0v) is 10.6. The van der Waals surface area contributed by atoms with Crippen molar-refractivity contribution in [3.63, 3.8) is 0 Å². The first-order valence-electron chi connectivity index (χ1n) is 6.02. The lowest BCUT2D eigenvalue weighted by molar-refractivity contribution is 0.0714. The van der Waals surface area contributed by atoms with E-state index in [1.54, 1.807) is 0 Å². The summed E-state index contributed by atoms with van der Waals surface area (Å²) >= 11 is 5.74. The van der Waals surface area contributed by atoms with Gasteiger partial charge in [0.05, 0.1) is 17.7 Å². The zero-order chi connectivity index (χ0) is 13.1. The maximum atomic E-state index is 13.5. The summed E-state index contributed by atoms with van der Waals surface area (Å²) in [6.07, 6.45) is 2.75. The van der Waals surface area contributed by atoms with Crippen molar-refractivity contribution in [3.8, 4) is 0 Å². The first kappa shape index (κ1) is 13.3. The van der Waals surface area contributed by atoms with E-state index in [9.17, 15) is 14.3 Å². The van der Waals surface area contributed by atoms with Crippen LogP contribution in [0.25, 0.3) is 0 Å². The number of aliphatic hydroxyl groups is 1. The molecular weight excluding hydrogens is 257 g/mol. The molecule has 0 bridgehead atoms. The van der Waals surface area contributed by atoms with Gasteiger partial charge in [-0.3, -0.25) is 4.79 Å². The number of hydrogen-bond acceptors (Lipinski definition) is 2. The first-order valence-corrected chi connectivity index (χ1v) is 6.39. The molecule has 3 nitrogen and oxygen atoms in total. The van der Waals surface area contributed by atoms with Gasteiger partial charge in [-0.15, -0.1) is 0 Å². The van der Waals surface area contributed by atoms with Crippen LogP contribution in [0, 0.1) is 5.82 Å². The molecule has 0 saturated heterocycles. The van der Waals surface area contributed by atoms with Crippen molar-refractivity contribution >= 4 is 17.5 Å². The summed E-state index contributed by atoms with van der Waals surface area (Å²) in [5, 5.41) is 12.7. The molecule has 0 aromatic heterocycles. The SMILES string of the molecule is O=C(N[C@H]1CCCC[C@@H]1O)c1cc(Cl)ccc1F. The van der Waals surface area contributed by atoms with Crippen molar-refractivity contribution in [1.82, 2.24) is 5.32 Å². The smallest absolute Gasteiger partial charge is 0.254 e. The standard InChI is InChI=1S/C13H15ClFNO2/c14-8-5-6-10(15)9(7-8)13(18)16-11-3-1-2-4-12(11)17/h5-7,11-12,17H,1-4H2,(H,16,18)/t11-,12-/m0/s1. The Morgan fingerprint density at radius 1 is 1.39 bits per heavy atom. The Morgan fingerprint density at radius 3 is 2.83 bits per heavy atom. The van der Waals surface area contributed by atoms with Gasteiger partial charge in [-0.05, 0) is 31.0 Å². The van der Waals surface area contributed by atoms with E-state index in [2.05, 4.69) is 5.32 Å². The van der Waals surface area contributed by atoms with E-state index in [0.717, 1.165) is 25.3 Å². The van der Waals surface area contributed by atoms with Gasteiger partial charge in [0.25, 0.3) is 5.91 Å². The van der Waals surface area contributed by atoms with Crippen LogP contribution in [0.15, 0.2) is 18.2 Å². The summed E-state index contributed by atoms with van der Waals surface area (Å²) in [4.78, 5) is 11.9. The van der Waals surface area contributed by atoms with Gasteiger partial charge in [-0.1, -0.05) is 24.4 Å². The quantitative estimate of drug-likeness (QED) is 0.868. The average molecular weight is 272 g/mol. The van der Waals surface area contributed by atoms with Gasteiger partial charge in [-0.25, -0.2) is 4.39 Å². The molecule has 1 aliphatic carbocycles. The van der Waals surface area contributed by atoms with Crippen LogP contribution in [-0.4, -0.2) is 23.2 Å². The Kier molecular flexibility index (Phi) is 4.19. The summed E-state index contributed by atoms with van der Waals surface area (Å²) in [5.74, 6) is -1.14. The van der Waals surface area contributed by atoms with Crippen molar-refractivity contribution in [3.05, 3.63) is 34.6 Å². The highest BCUT2D eigenvalue weighted by molar-refractivity contribution is 6.31. The zero-order valence-electron chi connectivity index (χ0n) is 9.83. The molecule has 0 spiro atoms. The highest BCUT2D eigenvalue weighted by Crippen LogP contribution is 2.20. The predicted molar refractivity (Wildman–Crippen MR) is 67.1 cm³/mol. The summed E-state index contributed by atoms with van der Waals surface area (Å²) in [6.45, 7) is 0. The number of carbonyl (C=O) groups is 1. The minimum Gasteiger partial charge on any atom is -0.391 e. The predicted octanol–water partition coefficient (Wildman–Crippen LogP) is 2.51. The number of benzene rings is 1. The molecule has 2 atom stereocenters. The lowest BCUT2D eigenvalue weighted by atomic mass is 9.92. The first-order chi connectivity index (χ1) is 8.58. The molecule has 1 amide bonds. The molecule has 0 heterocycles. The van der Waals surface area contributed by atoms with E-state index in [0.29, 0.717) is 11.4 Å². The van der Waals surface area contributed by atoms with Crippen LogP contribution in [0.2, 0.25) is 5.02 Å². The lowest BCUT2D eigenvalue weighted by Crippen LogP contribution is -2.45. The topological polar surface area (TPSA) is 49.3 Å². The molecule has 1 aromatic rings. The van der Waals surface area contributed by atoms with Crippen molar-refractivity contribution in [2.75, 3.05) is 0 Å². The van der Waals surface area contributed by atoms with Gasteiger partial charge in [-0.2, -0.15) is 0 Å². The van der Waals surface area contributed by atoms with Crippen LogP contribution in [0.3, 0.4) is 0 Å². The maximum absolute atomic E-state index is 13.5. The summed E-state index contributed by atoms with van der Waals surface area (Å²) in [6, 6.07) is 3.55. The Hall–Kier alpha value is -1.13. The minimum absolute atomic E-state index is 0.0831. The summed E-state index contributed by atoms with van der Waals surface area (Å²) in [5.41, 5.74) is -0.0831. The number of hydrogen-bond donors (Lipinski definition) is 2. The second-order valence-electron chi connectivity index (χ2n) is 4.56. The van der Waals surface area contributed by atoms with Gasteiger partial charge < -0.3 is 10.4 Å². The molecule has 0 radical (unpaired) electrons. The third-order valence-electron chi connectivity index (χ3n) is 3.22. The minimum atomic E-state index is -0.609. The molecular formula is C13H15ClFNO2. The molecule has 0 aliphatic heterocycles. The lowest BCUT2D eigenvalue weighted by Gasteiger charge is -2.28. The number of aliphatic hydroxyl groups excluding tert-OH is 1. The van der Waals surface area contributed by atoms with Gasteiger partial charge in [0.2, 0.25) is 0 Å². The van der Waals surface area contributed by atoms with Gasteiger partial charge in [0.15, 0.2) is 0 Å². The van der Waals surface area contributed by atoms with E-state index in [1.165, 1.54) is 12.1 Å². The van der Waals surface area contributed by atoms with Gasteiger partial charge in [0.1, 0.15) is 5.82 Å². The summed E-state index contributed by atoms with van der Waals surface area (Å²) in [7, 11) is 0. The second-order valence-corrected chi connectivity index (χ2v) is 4.99. The number of rotatable bonds is 2. The Balaban J connectivity index is 2.09. The van der Waals surface area contributed by atoms with Crippen molar-refractivity contribution in [2.24, 2.45) is 0 Å². The second kappa shape index (κ2) is 5.67. The van der Waals surface area contributed by atoms with E-state index in [1.807, 2.05) is 0 Å². The summed E-state index contributed by atoms with van der Waals surface area (Å²) < 4.78 is 13.5. The van der Waals surface area contributed by atoms with Crippen LogP contribution in [0.4, 0.5) is 4.39 Å². The molecule has 2 N–H and O–H groups in total. The Morgan fingerprint density at radius 2 is 2.11 bits per heavy atom. The number of halogens is 2. The molecule has 1 aromatic carbocycles. The van der Waals surface area contributed by atoms with E-state index in [-0.39, 0.29) is 11.6 Å². The van der Waals surface area contributed by atoms with E-state index in [4.69, 9.17) is 11.6 Å². The van der Waals surface area contributed by atoms with Crippen LogP contribution in [0.5, 0.6) is 0 Å². The van der Waals surface area contributed by atoms with Crippen LogP contribution in [-0.2, 0) is 0 Å². The third kappa shape index (κ3) is 3.00. The van der Waals surface area contributed by atoms with Crippen LogP contribution in [0.1, 0.15) is 36.0 Å². The van der Waals surface area contributed by atoms with Gasteiger partial charge >= 0.3 is 0 Å². The van der Waals surface area contributed by atoms with Crippen molar-refractivity contribution in [2.45, 2.75) is 37.8 Å². The Bertz CT molecular complexity index is 453. The monoisotopic (exact) mass is 271 g/mol. The third-order valence-corrected chi connectivity index (χ3v) is 3.45.